The SMILES string of the molecule is COc1cc(C(=O)NCc2ccc(Cn3ccnc3)cc2)ccc1OCc1ccc(Cl)cc1. The van der Waals surface area contributed by atoms with E-state index in [4.69, 9.17) is 21.1 Å². The Bertz CT molecular complexity index is 1190. The van der Waals surface area contributed by atoms with Gasteiger partial charge in [0, 0.05) is 36.1 Å². The number of rotatable bonds is 9. The van der Waals surface area contributed by atoms with Crippen molar-refractivity contribution in [2.75, 3.05) is 7.11 Å². The molecule has 0 saturated carbocycles. The number of aromatic nitrogens is 2. The van der Waals surface area contributed by atoms with E-state index in [1.54, 1.807) is 37.8 Å². The second-order valence-electron chi connectivity index (χ2n) is 7.51. The molecule has 1 amide bonds. The van der Waals surface area contributed by atoms with Gasteiger partial charge in [-0.3, -0.25) is 4.79 Å². The number of hydrogen-bond donors (Lipinski definition) is 1. The molecule has 1 N–H and O–H groups in total. The highest BCUT2D eigenvalue weighted by atomic mass is 35.5. The fourth-order valence-corrected chi connectivity index (χ4v) is 3.43. The van der Waals surface area contributed by atoms with Crippen molar-refractivity contribution >= 4 is 17.5 Å². The monoisotopic (exact) mass is 461 g/mol. The molecule has 0 spiro atoms. The van der Waals surface area contributed by atoms with Crippen LogP contribution in [0.2, 0.25) is 5.02 Å². The number of carbonyl (C=O) groups excluding carboxylic acids is 1. The summed E-state index contributed by atoms with van der Waals surface area (Å²) in [6.45, 7) is 1.57. The third-order valence-electron chi connectivity index (χ3n) is 5.13. The van der Waals surface area contributed by atoms with Gasteiger partial charge in [-0.1, -0.05) is 48.0 Å². The van der Waals surface area contributed by atoms with Crippen LogP contribution < -0.4 is 14.8 Å². The van der Waals surface area contributed by atoms with E-state index in [-0.39, 0.29) is 5.91 Å². The predicted octanol–water partition coefficient (Wildman–Crippen LogP) is 5.10. The van der Waals surface area contributed by atoms with E-state index in [0.29, 0.717) is 35.2 Å². The smallest absolute Gasteiger partial charge is 0.251 e. The van der Waals surface area contributed by atoms with Gasteiger partial charge < -0.3 is 19.4 Å². The minimum atomic E-state index is -0.181. The molecule has 3 aromatic carbocycles. The van der Waals surface area contributed by atoms with Gasteiger partial charge in [0.15, 0.2) is 11.5 Å². The summed E-state index contributed by atoms with van der Waals surface area (Å²) >= 11 is 5.92. The molecule has 0 radical (unpaired) electrons. The van der Waals surface area contributed by atoms with Crippen LogP contribution in [-0.4, -0.2) is 22.6 Å². The highest BCUT2D eigenvalue weighted by Gasteiger charge is 2.11. The second-order valence-corrected chi connectivity index (χ2v) is 7.95. The molecule has 4 aromatic rings. The first kappa shape index (κ1) is 22.4. The van der Waals surface area contributed by atoms with Gasteiger partial charge >= 0.3 is 0 Å². The normalized spacial score (nSPS) is 10.6. The highest BCUT2D eigenvalue weighted by molar-refractivity contribution is 6.30. The molecule has 0 atom stereocenters. The fourth-order valence-electron chi connectivity index (χ4n) is 3.31. The predicted molar refractivity (Wildman–Crippen MR) is 128 cm³/mol. The number of nitrogens with one attached hydrogen (secondary N) is 1. The van der Waals surface area contributed by atoms with Crippen molar-refractivity contribution in [1.82, 2.24) is 14.9 Å². The van der Waals surface area contributed by atoms with Gasteiger partial charge in [0.25, 0.3) is 5.91 Å². The molecule has 1 aromatic heterocycles. The zero-order chi connectivity index (χ0) is 23.0. The lowest BCUT2D eigenvalue weighted by molar-refractivity contribution is 0.0950. The number of methoxy groups -OCH3 is 1. The highest BCUT2D eigenvalue weighted by Crippen LogP contribution is 2.29. The van der Waals surface area contributed by atoms with Crippen LogP contribution in [0.1, 0.15) is 27.0 Å². The Hall–Kier alpha value is -3.77. The Kier molecular flexibility index (Phi) is 7.27. The summed E-state index contributed by atoms with van der Waals surface area (Å²) in [5, 5.41) is 3.63. The Morgan fingerprint density at radius 2 is 1.70 bits per heavy atom. The van der Waals surface area contributed by atoms with Gasteiger partial charge in [-0.2, -0.15) is 0 Å². The molecule has 33 heavy (non-hydrogen) atoms. The molecule has 0 bridgehead atoms. The minimum absolute atomic E-state index is 0.181. The molecule has 0 aliphatic carbocycles. The number of amides is 1. The van der Waals surface area contributed by atoms with Crippen molar-refractivity contribution in [2.45, 2.75) is 19.7 Å². The Morgan fingerprint density at radius 1 is 0.970 bits per heavy atom. The van der Waals surface area contributed by atoms with E-state index >= 15 is 0 Å². The van der Waals surface area contributed by atoms with Crippen molar-refractivity contribution in [2.24, 2.45) is 0 Å². The van der Waals surface area contributed by atoms with Crippen molar-refractivity contribution in [3.05, 3.63) is 113 Å². The number of ether oxygens (including phenoxy) is 2. The maximum absolute atomic E-state index is 12.7. The first-order chi connectivity index (χ1) is 16.1. The van der Waals surface area contributed by atoms with E-state index in [0.717, 1.165) is 17.7 Å². The van der Waals surface area contributed by atoms with Gasteiger partial charge in [0.05, 0.1) is 13.4 Å². The Balaban J connectivity index is 1.33. The quantitative estimate of drug-likeness (QED) is 0.376. The van der Waals surface area contributed by atoms with E-state index < -0.39 is 0 Å². The molecule has 0 saturated heterocycles. The van der Waals surface area contributed by atoms with Crippen LogP contribution in [0.15, 0.2) is 85.5 Å². The average Bonchev–Trinajstić information content (AvgIpc) is 3.36. The zero-order valence-electron chi connectivity index (χ0n) is 18.2. The van der Waals surface area contributed by atoms with Crippen molar-refractivity contribution in [3.8, 4) is 11.5 Å². The van der Waals surface area contributed by atoms with E-state index in [1.165, 1.54) is 5.56 Å². The molecular formula is C26H24ClN3O3. The summed E-state index contributed by atoms with van der Waals surface area (Å²) in [5.41, 5.74) is 3.68. The minimum Gasteiger partial charge on any atom is -0.493 e. The number of halogens is 1. The molecule has 0 aliphatic rings. The summed E-state index contributed by atoms with van der Waals surface area (Å²) in [5.74, 6) is 0.887. The van der Waals surface area contributed by atoms with Crippen LogP contribution in [-0.2, 0) is 19.7 Å². The lowest BCUT2D eigenvalue weighted by Gasteiger charge is -2.13. The molecular weight excluding hydrogens is 438 g/mol. The summed E-state index contributed by atoms with van der Waals surface area (Å²) in [7, 11) is 1.55. The first-order valence-corrected chi connectivity index (χ1v) is 10.9. The number of nitrogens with zero attached hydrogens (tertiary/aromatic N) is 2. The number of benzene rings is 3. The molecule has 4 rings (SSSR count). The van der Waals surface area contributed by atoms with Gasteiger partial charge in [-0.15, -0.1) is 0 Å². The van der Waals surface area contributed by atoms with E-state index in [2.05, 4.69) is 22.4 Å². The number of hydrogen-bond acceptors (Lipinski definition) is 4. The van der Waals surface area contributed by atoms with Crippen LogP contribution in [0.5, 0.6) is 11.5 Å². The van der Waals surface area contributed by atoms with Crippen molar-refractivity contribution < 1.29 is 14.3 Å². The van der Waals surface area contributed by atoms with Gasteiger partial charge in [0.2, 0.25) is 0 Å². The third kappa shape index (κ3) is 6.14. The van der Waals surface area contributed by atoms with E-state index in [1.807, 2.05) is 47.2 Å². The molecule has 7 heteroatoms. The standard InChI is InChI=1S/C26H24ClN3O3/c1-32-25-14-22(8-11-24(25)33-17-21-6-9-23(27)10-7-21)26(31)29-15-19-2-4-20(5-3-19)16-30-13-12-28-18-30/h2-14,18H,15-17H2,1H3,(H,29,31). The lowest BCUT2D eigenvalue weighted by Crippen LogP contribution is -2.22. The van der Waals surface area contributed by atoms with Crippen LogP contribution >= 0.6 is 11.6 Å². The molecule has 0 fully saturated rings. The van der Waals surface area contributed by atoms with Gasteiger partial charge in [-0.25, -0.2) is 4.98 Å². The molecule has 6 nitrogen and oxygen atoms in total. The zero-order valence-corrected chi connectivity index (χ0v) is 19.0. The van der Waals surface area contributed by atoms with Crippen LogP contribution in [0, 0.1) is 0 Å². The van der Waals surface area contributed by atoms with Crippen LogP contribution in [0.3, 0.4) is 0 Å². The molecule has 1 heterocycles. The number of imidazole rings is 1. The Morgan fingerprint density at radius 3 is 2.39 bits per heavy atom. The summed E-state index contributed by atoms with van der Waals surface area (Å²) < 4.78 is 13.3. The van der Waals surface area contributed by atoms with Gasteiger partial charge in [0.1, 0.15) is 6.61 Å². The summed E-state index contributed by atoms with van der Waals surface area (Å²) in [6, 6.07) is 20.7. The Labute approximate surface area is 197 Å². The topological polar surface area (TPSA) is 65.4 Å². The summed E-state index contributed by atoms with van der Waals surface area (Å²) in [4.78, 5) is 16.7. The van der Waals surface area contributed by atoms with Crippen LogP contribution in [0.25, 0.3) is 0 Å². The van der Waals surface area contributed by atoms with Crippen molar-refractivity contribution in [3.63, 3.8) is 0 Å². The first-order valence-electron chi connectivity index (χ1n) is 10.5. The number of carbonyl (C=O) groups is 1. The van der Waals surface area contributed by atoms with Crippen molar-refractivity contribution in [1.29, 1.82) is 0 Å². The maximum atomic E-state index is 12.7. The third-order valence-corrected chi connectivity index (χ3v) is 5.39. The fraction of sp³-hybridized carbons (Fsp3) is 0.154. The summed E-state index contributed by atoms with van der Waals surface area (Å²) in [6.07, 6.45) is 5.48. The van der Waals surface area contributed by atoms with Crippen LogP contribution in [0.4, 0.5) is 0 Å². The molecule has 168 valence electrons. The molecule has 0 aliphatic heterocycles. The maximum Gasteiger partial charge on any atom is 0.251 e. The van der Waals surface area contributed by atoms with Gasteiger partial charge in [-0.05, 0) is 47.0 Å². The van der Waals surface area contributed by atoms with E-state index in [9.17, 15) is 4.79 Å². The largest absolute Gasteiger partial charge is 0.493 e. The average molecular weight is 462 g/mol. The second kappa shape index (κ2) is 10.7. The molecule has 0 unspecified atom stereocenters. The lowest BCUT2D eigenvalue weighted by atomic mass is 10.1.